The Balaban J connectivity index is 1.71. The summed E-state index contributed by atoms with van der Waals surface area (Å²) in [5.74, 6) is 1.46. The Kier molecular flexibility index (Phi) is 4.57. The zero-order valence-corrected chi connectivity index (χ0v) is 10.4. The van der Waals surface area contributed by atoms with Crippen LogP contribution in [0.15, 0.2) is 12.2 Å². The van der Waals surface area contributed by atoms with Crippen LogP contribution in [0.5, 0.6) is 0 Å². The standard InChI is InChI=1S/C13H21NO3/c1-16-6-7-17-10-13(15)14-8-11-4-2-3-5-12(11)9-14/h2-3,11-12H,4-10H2,1H3. The monoisotopic (exact) mass is 239 g/mol. The number of nitrogens with zero attached hydrogens (tertiary/aromatic N) is 1. The third kappa shape index (κ3) is 3.30. The fourth-order valence-electron chi connectivity index (χ4n) is 2.61. The first kappa shape index (κ1) is 12.6. The average Bonchev–Trinajstić information content (AvgIpc) is 2.78. The second-order valence-corrected chi connectivity index (χ2v) is 4.81. The lowest BCUT2D eigenvalue weighted by molar-refractivity contribution is -0.135. The number of hydrogen-bond donors (Lipinski definition) is 0. The van der Waals surface area contributed by atoms with Crippen LogP contribution in [0, 0.1) is 11.8 Å². The highest BCUT2D eigenvalue weighted by Crippen LogP contribution is 2.32. The fourth-order valence-corrected chi connectivity index (χ4v) is 2.61. The number of amides is 1. The summed E-state index contributed by atoms with van der Waals surface area (Å²) in [6.45, 7) is 3.03. The van der Waals surface area contributed by atoms with Gasteiger partial charge < -0.3 is 14.4 Å². The summed E-state index contributed by atoms with van der Waals surface area (Å²) >= 11 is 0. The number of methoxy groups -OCH3 is 1. The zero-order chi connectivity index (χ0) is 12.1. The molecule has 17 heavy (non-hydrogen) atoms. The van der Waals surface area contributed by atoms with E-state index in [2.05, 4.69) is 12.2 Å². The number of rotatable bonds is 5. The molecule has 1 heterocycles. The summed E-state index contributed by atoms with van der Waals surface area (Å²) < 4.78 is 10.1. The van der Waals surface area contributed by atoms with Crippen molar-refractivity contribution in [3.05, 3.63) is 12.2 Å². The number of hydrogen-bond acceptors (Lipinski definition) is 3. The molecule has 96 valence electrons. The third-order valence-corrected chi connectivity index (χ3v) is 3.63. The molecule has 0 aromatic rings. The van der Waals surface area contributed by atoms with Crippen molar-refractivity contribution in [3.8, 4) is 0 Å². The van der Waals surface area contributed by atoms with Crippen molar-refractivity contribution in [1.29, 1.82) is 0 Å². The van der Waals surface area contributed by atoms with E-state index in [0.29, 0.717) is 25.0 Å². The molecule has 1 aliphatic carbocycles. The fraction of sp³-hybridized carbons (Fsp3) is 0.769. The van der Waals surface area contributed by atoms with E-state index >= 15 is 0 Å². The summed E-state index contributed by atoms with van der Waals surface area (Å²) in [4.78, 5) is 13.8. The van der Waals surface area contributed by atoms with Gasteiger partial charge in [0.15, 0.2) is 0 Å². The molecule has 4 nitrogen and oxygen atoms in total. The van der Waals surface area contributed by atoms with Crippen LogP contribution >= 0.6 is 0 Å². The lowest BCUT2D eigenvalue weighted by atomic mass is 9.86. The number of carbonyl (C=O) groups is 1. The average molecular weight is 239 g/mol. The highest BCUT2D eigenvalue weighted by atomic mass is 16.5. The second-order valence-electron chi connectivity index (χ2n) is 4.81. The van der Waals surface area contributed by atoms with Gasteiger partial charge in [-0.2, -0.15) is 0 Å². The third-order valence-electron chi connectivity index (χ3n) is 3.63. The Hall–Kier alpha value is -0.870. The minimum absolute atomic E-state index is 0.121. The van der Waals surface area contributed by atoms with E-state index in [0.717, 1.165) is 25.9 Å². The molecule has 0 radical (unpaired) electrons. The van der Waals surface area contributed by atoms with Crippen LogP contribution in [0.1, 0.15) is 12.8 Å². The van der Waals surface area contributed by atoms with Gasteiger partial charge in [-0.1, -0.05) is 12.2 Å². The Morgan fingerprint density at radius 3 is 2.47 bits per heavy atom. The van der Waals surface area contributed by atoms with Gasteiger partial charge in [0, 0.05) is 20.2 Å². The van der Waals surface area contributed by atoms with Crippen molar-refractivity contribution >= 4 is 5.91 Å². The van der Waals surface area contributed by atoms with Gasteiger partial charge in [0.25, 0.3) is 0 Å². The lowest BCUT2D eigenvalue weighted by Gasteiger charge is -2.17. The molecule has 1 saturated heterocycles. The maximum Gasteiger partial charge on any atom is 0.248 e. The summed E-state index contributed by atoms with van der Waals surface area (Å²) in [6.07, 6.45) is 6.73. The highest BCUT2D eigenvalue weighted by Gasteiger charge is 2.34. The maximum absolute atomic E-state index is 11.9. The van der Waals surface area contributed by atoms with E-state index in [1.165, 1.54) is 0 Å². The minimum atomic E-state index is 0.121. The Morgan fingerprint density at radius 1 is 1.24 bits per heavy atom. The van der Waals surface area contributed by atoms with Crippen molar-refractivity contribution in [2.24, 2.45) is 11.8 Å². The van der Waals surface area contributed by atoms with E-state index in [1.54, 1.807) is 7.11 Å². The van der Waals surface area contributed by atoms with Gasteiger partial charge in [0.1, 0.15) is 6.61 Å². The van der Waals surface area contributed by atoms with Gasteiger partial charge in [-0.3, -0.25) is 4.79 Å². The largest absolute Gasteiger partial charge is 0.382 e. The van der Waals surface area contributed by atoms with Crippen molar-refractivity contribution in [2.75, 3.05) is 40.0 Å². The van der Waals surface area contributed by atoms with Gasteiger partial charge in [-0.15, -0.1) is 0 Å². The molecular weight excluding hydrogens is 218 g/mol. The highest BCUT2D eigenvalue weighted by molar-refractivity contribution is 5.77. The first-order valence-corrected chi connectivity index (χ1v) is 6.30. The summed E-state index contributed by atoms with van der Waals surface area (Å²) in [5.41, 5.74) is 0. The number of fused-ring (bicyclic) bond motifs is 1. The van der Waals surface area contributed by atoms with Crippen LogP contribution in [0.25, 0.3) is 0 Å². The van der Waals surface area contributed by atoms with Crippen molar-refractivity contribution < 1.29 is 14.3 Å². The second kappa shape index (κ2) is 6.17. The van der Waals surface area contributed by atoms with Crippen molar-refractivity contribution in [1.82, 2.24) is 4.90 Å². The quantitative estimate of drug-likeness (QED) is 0.532. The molecule has 1 fully saturated rings. The van der Waals surface area contributed by atoms with Crippen LogP contribution in [-0.4, -0.2) is 50.8 Å². The Labute approximate surface area is 103 Å². The minimum Gasteiger partial charge on any atom is -0.382 e. The van der Waals surface area contributed by atoms with Crippen molar-refractivity contribution in [2.45, 2.75) is 12.8 Å². The molecule has 1 aliphatic heterocycles. The summed E-state index contributed by atoms with van der Waals surface area (Å²) in [5, 5.41) is 0. The molecule has 0 aromatic carbocycles. The molecule has 0 spiro atoms. The van der Waals surface area contributed by atoms with E-state index in [-0.39, 0.29) is 12.5 Å². The zero-order valence-electron chi connectivity index (χ0n) is 10.4. The van der Waals surface area contributed by atoms with Gasteiger partial charge in [-0.25, -0.2) is 0 Å². The summed E-state index contributed by atoms with van der Waals surface area (Å²) in [6, 6.07) is 0. The SMILES string of the molecule is COCCOCC(=O)N1CC2CC=CCC2C1. The molecule has 2 atom stereocenters. The van der Waals surface area contributed by atoms with E-state index in [1.807, 2.05) is 4.90 Å². The van der Waals surface area contributed by atoms with Gasteiger partial charge in [0.2, 0.25) is 5.91 Å². The number of likely N-dealkylation sites (tertiary alicyclic amines) is 1. The van der Waals surface area contributed by atoms with Crippen molar-refractivity contribution in [3.63, 3.8) is 0 Å². The van der Waals surface area contributed by atoms with Crippen LogP contribution in [0.3, 0.4) is 0 Å². The Morgan fingerprint density at radius 2 is 1.88 bits per heavy atom. The molecule has 4 heteroatoms. The van der Waals surface area contributed by atoms with Gasteiger partial charge >= 0.3 is 0 Å². The van der Waals surface area contributed by atoms with Gasteiger partial charge in [0.05, 0.1) is 13.2 Å². The number of allylic oxidation sites excluding steroid dienone is 2. The number of ether oxygens (including phenoxy) is 2. The topological polar surface area (TPSA) is 38.8 Å². The molecule has 2 unspecified atom stereocenters. The predicted octanol–water partition coefficient (Wildman–Crippen LogP) is 1.07. The number of carbonyl (C=O) groups excluding carboxylic acids is 1. The lowest BCUT2D eigenvalue weighted by Crippen LogP contribution is -2.32. The molecule has 2 rings (SSSR count). The van der Waals surface area contributed by atoms with Crippen LogP contribution in [0.2, 0.25) is 0 Å². The first-order chi connectivity index (χ1) is 8.31. The normalized spacial score (nSPS) is 27.2. The van der Waals surface area contributed by atoms with E-state index in [9.17, 15) is 4.79 Å². The molecule has 1 amide bonds. The van der Waals surface area contributed by atoms with E-state index in [4.69, 9.17) is 9.47 Å². The Bertz CT molecular complexity index is 274. The van der Waals surface area contributed by atoms with Gasteiger partial charge in [-0.05, 0) is 24.7 Å². The van der Waals surface area contributed by atoms with Crippen LogP contribution in [-0.2, 0) is 14.3 Å². The first-order valence-electron chi connectivity index (χ1n) is 6.30. The van der Waals surface area contributed by atoms with E-state index < -0.39 is 0 Å². The molecule has 0 bridgehead atoms. The molecule has 0 aromatic heterocycles. The molecule has 0 saturated carbocycles. The maximum atomic E-state index is 11.9. The van der Waals surface area contributed by atoms with Crippen LogP contribution < -0.4 is 0 Å². The smallest absolute Gasteiger partial charge is 0.248 e. The predicted molar refractivity (Wildman–Crippen MR) is 64.6 cm³/mol. The summed E-state index contributed by atoms with van der Waals surface area (Å²) in [7, 11) is 1.63. The molecular formula is C13H21NO3. The molecule has 0 N–H and O–H groups in total. The molecule has 2 aliphatic rings. The van der Waals surface area contributed by atoms with Crippen LogP contribution in [0.4, 0.5) is 0 Å².